The number of amides is 3. The van der Waals surface area contributed by atoms with Gasteiger partial charge in [0.05, 0.1) is 17.8 Å². The molecule has 1 fully saturated rings. The minimum atomic E-state index is -0.637. The summed E-state index contributed by atoms with van der Waals surface area (Å²) in [5.74, 6) is -0.359. The number of benzene rings is 1. The number of nitrogens with zero attached hydrogens (tertiary/aromatic N) is 2. The van der Waals surface area contributed by atoms with Crippen molar-refractivity contribution in [2.45, 2.75) is 33.2 Å². The molecule has 6 heteroatoms. The van der Waals surface area contributed by atoms with E-state index < -0.39 is 6.04 Å². The van der Waals surface area contributed by atoms with E-state index in [0.29, 0.717) is 30.8 Å². The second-order valence-corrected chi connectivity index (χ2v) is 7.63. The predicted octanol–water partition coefficient (Wildman–Crippen LogP) is 1.73. The molecule has 128 valence electrons. The summed E-state index contributed by atoms with van der Waals surface area (Å²) < 4.78 is 0. The lowest BCUT2D eigenvalue weighted by Gasteiger charge is -2.40. The lowest BCUT2D eigenvalue weighted by atomic mass is 9.91. The fraction of sp³-hybridized carbons (Fsp3) is 0.500. The largest absolute Gasteiger partial charge is 0.338 e. The molecule has 2 aliphatic rings. The third-order valence-corrected chi connectivity index (χ3v) is 4.39. The van der Waals surface area contributed by atoms with E-state index in [1.165, 1.54) is 0 Å². The van der Waals surface area contributed by atoms with Gasteiger partial charge in [-0.05, 0) is 17.5 Å². The first-order valence-corrected chi connectivity index (χ1v) is 8.25. The van der Waals surface area contributed by atoms with Crippen LogP contribution in [0.5, 0.6) is 0 Å². The van der Waals surface area contributed by atoms with Crippen molar-refractivity contribution >= 4 is 23.4 Å². The van der Waals surface area contributed by atoms with Gasteiger partial charge in [0, 0.05) is 19.5 Å². The summed E-state index contributed by atoms with van der Waals surface area (Å²) in [6, 6.07) is 6.38. The zero-order valence-corrected chi connectivity index (χ0v) is 14.3. The Bertz CT molecular complexity index is 693. The molecule has 1 aromatic rings. The highest BCUT2D eigenvalue weighted by Gasteiger charge is 2.40. The van der Waals surface area contributed by atoms with Crippen molar-refractivity contribution in [3.63, 3.8) is 0 Å². The summed E-state index contributed by atoms with van der Waals surface area (Å²) in [6.07, 6.45) is 0.426. The molecule has 0 spiro atoms. The Balaban J connectivity index is 1.82. The standard InChI is InChI=1S/C18H23N3O3/c1-18(2,3)10-15(22)20-8-9-21-14(11-20)16(23)19-13-7-5-4-6-12(13)17(21)24/h4-7,14H,8-11H2,1-3H3,(H,19,23)/t14-/m1/s1. The van der Waals surface area contributed by atoms with Crippen LogP contribution in [0.15, 0.2) is 24.3 Å². The molecule has 24 heavy (non-hydrogen) atoms. The number of nitrogens with one attached hydrogen (secondary N) is 1. The zero-order chi connectivity index (χ0) is 17.5. The summed E-state index contributed by atoms with van der Waals surface area (Å²) in [5.41, 5.74) is 0.934. The highest BCUT2D eigenvalue weighted by molar-refractivity contribution is 6.10. The van der Waals surface area contributed by atoms with E-state index >= 15 is 0 Å². The minimum absolute atomic E-state index is 0.0316. The summed E-state index contributed by atoms with van der Waals surface area (Å²) in [6.45, 7) is 7.13. The van der Waals surface area contributed by atoms with Crippen molar-refractivity contribution in [2.24, 2.45) is 5.41 Å². The molecule has 0 aromatic heterocycles. The van der Waals surface area contributed by atoms with Crippen LogP contribution in [-0.4, -0.2) is 53.2 Å². The highest BCUT2D eigenvalue weighted by atomic mass is 16.2. The van der Waals surface area contributed by atoms with Gasteiger partial charge < -0.3 is 15.1 Å². The van der Waals surface area contributed by atoms with Crippen molar-refractivity contribution < 1.29 is 14.4 Å². The second-order valence-electron chi connectivity index (χ2n) is 7.63. The van der Waals surface area contributed by atoms with E-state index in [1.54, 1.807) is 34.1 Å². The van der Waals surface area contributed by atoms with Gasteiger partial charge in [-0.1, -0.05) is 32.9 Å². The summed E-state index contributed by atoms with van der Waals surface area (Å²) in [4.78, 5) is 41.1. The number of fused-ring (bicyclic) bond motifs is 2. The van der Waals surface area contributed by atoms with E-state index in [0.717, 1.165) is 0 Å². The van der Waals surface area contributed by atoms with Crippen LogP contribution >= 0.6 is 0 Å². The molecule has 0 unspecified atom stereocenters. The van der Waals surface area contributed by atoms with Crippen LogP contribution in [0.4, 0.5) is 5.69 Å². The van der Waals surface area contributed by atoms with Crippen LogP contribution in [0.25, 0.3) is 0 Å². The number of hydrogen-bond donors (Lipinski definition) is 1. The highest BCUT2D eigenvalue weighted by Crippen LogP contribution is 2.26. The topological polar surface area (TPSA) is 69.7 Å². The third-order valence-electron chi connectivity index (χ3n) is 4.39. The van der Waals surface area contributed by atoms with Crippen molar-refractivity contribution in [1.82, 2.24) is 9.80 Å². The van der Waals surface area contributed by atoms with E-state index in [4.69, 9.17) is 0 Å². The molecule has 0 bridgehead atoms. The van der Waals surface area contributed by atoms with Crippen LogP contribution < -0.4 is 5.32 Å². The van der Waals surface area contributed by atoms with E-state index in [2.05, 4.69) is 5.32 Å². The maximum absolute atomic E-state index is 12.8. The lowest BCUT2D eigenvalue weighted by Crippen LogP contribution is -2.59. The van der Waals surface area contributed by atoms with Crippen LogP contribution in [-0.2, 0) is 9.59 Å². The Morgan fingerprint density at radius 1 is 1.21 bits per heavy atom. The first kappa shape index (κ1) is 16.5. The average molecular weight is 329 g/mol. The lowest BCUT2D eigenvalue weighted by molar-refractivity contribution is -0.137. The Morgan fingerprint density at radius 2 is 1.92 bits per heavy atom. The van der Waals surface area contributed by atoms with E-state index in [1.807, 2.05) is 20.8 Å². The molecule has 0 radical (unpaired) electrons. The van der Waals surface area contributed by atoms with Gasteiger partial charge in [0.25, 0.3) is 5.91 Å². The number of carbonyl (C=O) groups is 3. The molecule has 3 rings (SSSR count). The maximum atomic E-state index is 12.8. The van der Waals surface area contributed by atoms with Gasteiger partial charge in [-0.2, -0.15) is 0 Å². The van der Waals surface area contributed by atoms with Gasteiger partial charge in [0.2, 0.25) is 11.8 Å². The van der Waals surface area contributed by atoms with Crippen molar-refractivity contribution in [3.8, 4) is 0 Å². The fourth-order valence-electron chi connectivity index (χ4n) is 3.19. The molecule has 1 atom stereocenters. The van der Waals surface area contributed by atoms with Crippen LogP contribution in [0.2, 0.25) is 0 Å². The zero-order valence-electron chi connectivity index (χ0n) is 14.3. The summed E-state index contributed by atoms with van der Waals surface area (Å²) >= 11 is 0. The molecule has 1 saturated heterocycles. The number of rotatable bonds is 1. The Hall–Kier alpha value is -2.37. The molecule has 2 heterocycles. The van der Waals surface area contributed by atoms with Crippen LogP contribution in [0, 0.1) is 5.41 Å². The molecule has 2 aliphatic heterocycles. The first-order chi connectivity index (χ1) is 11.3. The van der Waals surface area contributed by atoms with Crippen molar-refractivity contribution in [2.75, 3.05) is 25.0 Å². The van der Waals surface area contributed by atoms with Gasteiger partial charge in [-0.15, -0.1) is 0 Å². The van der Waals surface area contributed by atoms with E-state index in [-0.39, 0.29) is 29.7 Å². The SMILES string of the molecule is CC(C)(C)CC(=O)N1CCN2C(=O)c3ccccc3NC(=O)[C@H]2C1. The van der Waals surface area contributed by atoms with Crippen LogP contribution in [0.3, 0.4) is 0 Å². The van der Waals surface area contributed by atoms with Gasteiger partial charge in [-0.25, -0.2) is 0 Å². The molecule has 1 N–H and O–H groups in total. The van der Waals surface area contributed by atoms with E-state index in [9.17, 15) is 14.4 Å². The summed E-state index contributed by atoms with van der Waals surface area (Å²) in [7, 11) is 0. The predicted molar refractivity (Wildman–Crippen MR) is 90.5 cm³/mol. The quantitative estimate of drug-likeness (QED) is 0.853. The Morgan fingerprint density at radius 3 is 2.62 bits per heavy atom. The molecule has 0 aliphatic carbocycles. The Labute approximate surface area is 141 Å². The number of para-hydroxylation sites is 1. The smallest absolute Gasteiger partial charge is 0.256 e. The van der Waals surface area contributed by atoms with Gasteiger partial charge in [-0.3, -0.25) is 14.4 Å². The number of carbonyl (C=O) groups excluding carboxylic acids is 3. The maximum Gasteiger partial charge on any atom is 0.256 e. The second kappa shape index (κ2) is 5.92. The summed E-state index contributed by atoms with van der Waals surface area (Å²) in [5, 5.41) is 2.82. The van der Waals surface area contributed by atoms with Gasteiger partial charge in [0.1, 0.15) is 6.04 Å². The molecular formula is C18H23N3O3. The number of anilines is 1. The number of hydrogen-bond acceptors (Lipinski definition) is 3. The molecule has 1 aromatic carbocycles. The minimum Gasteiger partial charge on any atom is -0.338 e. The van der Waals surface area contributed by atoms with Gasteiger partial charge >= 0.3 is 0 Å². The van der Waals surface area contributed by atoms with Crippen LogP contribution in [0.1, 0.15) is 37.6 Å². The Kier molecular flexibility index (Phi) is 4.07. The molecular weight excluding hydrogens is 306 g/mol. The van der Waals surface area contributed by atoms with Gasteiger partial charge in [0.15, 0.2) is 0 Å². The first-order valence-electron chi connectivity index (χ1n) is 8.25. The normalized spacial score (nSPS) is 20.9. The molecule has 0 saturated carbocycles. The average Bonchev–Trinajstić information content (AvgIpc) is 2.62. The molecule has 3 amide bonds. The monoisotopic (exact) mass is 329 g/mol. The number of piperazine rings is 1. The van der Waals surface area contributed by atoms with Crippen molar-refractivity contribution in [1.29, 1.82) is 0 Å². The fourth-order valence-corrected chi connectivity index (χ4v) is 3.19. The van der Waals surface area contributed by atoms with Crippen molar-refractivity contribution in [3.05, 3.63) is 29.8 Å². The molecule has 6 nitrogen and oxygen atoms in total. The third kappa shape index (κ3) is 3.13.